The van der Waals surface area contributed by atoms with Crippen LogP contribution in [0.3, 0.4) is 0 Å². The van der Waals surface area contributed by atoms with Crippen LogP contribution >= 0.6 is 0 Å². The lowest BCUT2D eigenvalue weighted by Crippen LogP contribution is -2.24. The van der Waals surface area contributed by atoms with Crippen LogP contribution < -0.4 is 15.5 Å². The van der Waals surface area contributed by atoms with Crippen molar-refractivity contribution in [2.45, 2.75) is 18.9 Å². The van der Waals surface area contributed by atoms with Crippen molar-refractivity contribution in [1.82, 2.24) is 4.57 Å². The Morgan fingerprint density at radius 2 is 2.22 bits per heavy atom. The highest BCUT2D eigenvalue weighted by Gasteiger charge is 2.30. The highest BCUT2D eigenvalue weighted by Crippen LogP contribution is 2.42. The van der Waals surface area contributed by atoms with Gasteiger partial charge in [0.05, 0.1) is 30.2 Å². The van der Waals surface area contributed by atoms with Crippen LogP contribution in [0.5, 0.6) is 5.75 Å². The minimum Gasteiger partial charge on any atom is -0.492 e. The van der Waals surface area contributed by atoms with Gasteiger partial charge in [-0.15, -0.1) is 0 Å². The van der Waals surface area contributed by atoms with Gasteiger partial charge in [0.25, 0.3) is 6.54 Å². The number of aliphatic hydroxyl groups excluding tert-OH is 1. The number of fused-ring (bicyclic) bond motifs is 1. The van der Waals surface area contributed by atoms with Crippen LogP contribution in [-0.4, -0.2) is 47.2 Å². The molecule has 144 valence electrons. The van der Waals surface area contributed by atoms with E-state index >= 15 is 0 Å². The van der Waals surface area contributed by atoms with E-state index in [9.17, 15) is 24.1 Å². The summed E-state index contributed by atoms with van der Waals surface area (Å²) >= 11 is 0. The number of halogens is 1. The molecule has 0 amide bonds. The van der Waals surface area contributed by atoms with Gasteiger partial charge in [-0.2, -0.15) is 0 Å². The second-order valence-electron chi connectivity index (χ2n) is 6.24. The summed E-state index contributed by atoms with van der Waals surface area (Å²) in [5.41, 5.74) is -0.815. The number of hydrogen-bond donors (Lipinski definition) is 2. The topological polar surface area (TPSA) is 124 Å². The molecule has 0 unspecified atom stereocenters. The second kappa shape index (κ2) is 7.31. The Balaban J connectivity index is 2.31. The second-order valence-corrected chi connectivity index (χ2v) is 6.24. The largest absolute Gasteiger partial charge is 0.492 e. The van der Waals surface area contributed by atoms with Gasteiger partial charge in [0, 0.05) is 23.7 Å². The number of nitro groups is 1. The SMILES string of the molecule is COc1c(NCCO)c(F)cc2c(=O)c(C(=O)C[N+](=O)[O-])cn(C3CC3)c12. The molecular formula is C17H18FN3O6. The van der Waals surface area contributed by atoms with Crippen LogP contribution in [0.4, 0.5) is 10.1 Å². The van der Waals surface area contributed by atoms with E-state index in [1.807, 2.05) is 0 Å². The lowest BCUT2D eigenvalue weighted by Gasteiger charge is -2.19. The Morgan fingerprint density at radius 3 is 2.78 bits per heavy atom. The molecule has 1 aromatic carbocycles. The smallest absolute Gasteiger partial charge is 0.266 e. The van der Waals surface area contributed by atoms with Crippen LogP contribution in [-0.2, 0) is 0 Å². The summed E-state index contributed by atoms with van der Waals surface area (Å²) in [5, 5.41) is 22.3. The molecule has 1 aliphatic rings. The number of nitrogens with zero attached hydrogens (tertiary/aromatic N) is 2. The fourth-order valence-corrected chi connectivity index (χ4v) is 3.04. The molecule has 1 heterocycles. The van der Waals surface area contributed by atoms with E-state index in [1.54, 1.807) is 4.57 Å². The van der Waals surface area contributed by atoms with E-state index in [2.05, 4.69) is 5.32 Å². The number of rotatable bonds is 8. The van der Waals surface area contributed by atoms with Crippen molar-refractivity contribution in [3.63, 3.8) is 0 Å². The zero-order valence-corrected chi connectivity index (χ0v) is 14.5. The van der Waals surface area contributed by atoms with E-state index in [0.29, 0.717) is 5.52 Å². The summed E-state index contributed by atoms with van der Waals surface area (Å²) in [7, 11) is 1.33. The Kier molecular flexibility index (Phi) is 5.08. The lowest BCUT2D eigenvalue weighted by molar-refractivity contribution is -0.465. The van der Waals surface area contributed by atoms with Crippen LogP contribution in [0.2, 0.25) is 0 Å². The molecule has 0 aliphatic heterocycles. The van der Waals surface area contributed by atoms with Crippen molar-refractivity contribution in [1.29, 1.82) is 0 Å². The van der Waals surface area contributed by atoms with E-state index in [-0.39, 0.29) is 41.6 Å². The number of nitrogens with one attached hydrogen (secondary N) is 1. The number of carbonyl (C=O) groups is 1. The number of ether oxygens (including phenoxy) is 1. The summed E-state index contributed by atoms with van der Waals surface area (Å²) in [4.78, 5) is 34.7. The van der Waals surface area contributed by atoms with Crippen LogP contribution in [0, 0.1) is 15.9 Å². The number of pyridine rings is 1. The maximum atomic E-state index is 14.6. The first-order valence-corrected chi connectivity index (χ1v) is 8.34. The molecule has 1 fully saturated rings. The Bertz CT molecular complexity index is 983. The number of anilines is 1. The monoisotopic (exact) mass is 379 g/mol. The van der Waals surface area contributed by atoms with Crippen molar-refractivity contribution in [3.8, 4) is 5.75 Å². The predicted octanol–water partition coefficient (Wildman–Crippen LogP) is 1.35. The molecule has 27 heavy (non-hydrogen) atoms. The molecule has 0 bridgehead atoms. The van der Waals surface area contributed by atoms with Gasteiger partial charge in [-0.25, -0.2) is 4.39 Å². The third-order valence-electron chi connectivity index (χ3n) is 4.35. The average molecular weight is 379 g/mol. The van der Waals surface area contributed by atoms with Gasteiger partial charge in [-0.1, -0.05) is 0 Å². The number of aliphatic hydroxyl groups is 1. The lowest BCUT2D eigenvalue weighted by atomic mass is 10.1. The van der Waals surface area contributed by atoms with Crippen molar-refractivity contribution < 1.29 is 24.0 Å². The normalized spacial score (nSPS) is 13.6. The van der Waals surface area contributed by atoms with E-state index in [1.165, 1.54) is 13.3 Å². The molecule has 2 N–H and O–H groups in total. The minimum absolute atomic E-state index is 0.00258. The molecule has 2 aromatic rings. The summed E-state index contributed by atoms with van der Waals surface area (Å²) < 4.78 is 21.6. The fraction of sp³-hybridized carbons (Fsp3) is 0.412. The van der Waals surface area contributed by atoms with Gasteiger partial charge in [0.15, 0.2) is 11.6 Å². The zero-order valence-electron chi connectivity index (χ0n) is 14.5. The molecule has 0 spiro atoms. The number of carbonyl (C=O) groups excluding carboxylic acids is 1. The van der Waals surface area contributed by atoms with Gasteiger partial charge in [0.1, 0.15) is 5.69 Å². The summed E-state index contributed by atoms with van der Waals surface area (Å²) in [6.45, 7) is -1.17. The molecule has 1 aromatic heterocycles. The first-order valence-electron chi connectivity index (χ1n) is 8.34. The highest BCUT2D eigenvalue weighted by molar-refractivity contribution is 6.01. The standard InChI is InChI=1S/C17H18FN3O6/c1-27-17-14(19-4-5-22)12(18)6-10-15(17)20(9-2-3-9)7-11(16(10)24)13(23)8-21(25)26/h6-7,9,19,22H,2-5,8H2,1H3. The summed E-state index contributed by atoms with van der Waals surface area (Å²) in [6.07, 6.45) is 2.88. The maximum absolute atomic E-state index is 14.6. The Labute approximate surface area is 152 Å². The highest BCUT2D eigenvalue weighted by atomic mass is 19.1. The third-order valence-corrected chi connectivity index (χ3v) is 4.35. The molecule has 1 aliphatic carbocycles. The van der Waals surface area contributed by atoms with Crippen molar-refractivity contribution >= 4 is 22.4 Å². The number of Topliss-reactive ketones (excluding diaryl/α,β-unsaturated/α-hetero) is 1. The molecular weight excluding hydrogens is 361 g/mol. The first kappa shape index (κ1) is 18.8. The van der Waals surface area contributed by atoms with Gasteiger partial charge in [0.2, 0.25) is 11.2 Å². The summed E-state index contributed by atoms with van der Waals surface area (Å²) in [5.74, 6) is -1.63. The number of aromatic nitrogens is 1. The molecule has 0 saturated heterocycles. The molecule has 0 radical (unpaired) electrons. The molecule has 3 rings (SSSR count). The Hall–Kier alpha value is -3.01. The number of hydrogen-bond acceptors (Lipinski definition) is 7. The van der Waals surface area contributed by atoms with E-state index in [4.69, 9.17) is 9.84 Å². The molecule has 9 nitrogen and oxygen atoms in total. The van der Waals surface area contributed by atoms with E-state index < -0.39 is 28.5 Å². The maximum Gasteiger partial charge on any atom is 0.266 e. The number of methoxy groups -OCH3 is 1. The van der Waals surface area contributed by atoms with Crippen LogP contribution in [0.1, 0.15) is 29.2 Å². The van der Waals surface area contributed by atoms with Crippen molar-refractivity contribution in [2.24, 2.45) is 0 Å². The zero-order chi connectivity index (χ0) is 19.7. The predicted molar refractivity (Wildman–Crippen MR) is 94.8 cm³/mol. The van der Waals surface area contributed by atoms with Gasteiger partial charge in [-0.3, -0.25) is 19.7 Å². The molecule has 0 atom stereocenters. The van der Waals surface area contributed by atoms with E-state index in [0.717, 1.165) is 18.9 Å². The first-order chi connectivity index (χ1) is 12.9. The average Bonchev–Trinajstić information content (AvgIpc) is 3.44. The number of benzene rings is 1. The number of ketones is 1. The van der Waals surface area contributed by atoms with Crippen LogP contribution in [0.25, 0.3) is 10.9 Å². The quantitative estimate of drug-likeness (QED) is 0.403. The van der Waals surface area contributed by atoms with Gasteiger partial charge >= 0.3 is 0 Å². The van der Waals surface area contributed by atoms with Gasteiger partial charge < -0.3 is 19.7 Å². The summed E-state index contributed by atoms with van der Waals surface area (Å²) in [6, 6.07) is 0.974. The Morgan fingerprint density at radius 1 is 1.52 bits per heavy atom. The van der Waals surface area contributed by atoms with Crippen molar-refractivity contribution in [3.05, 3.63) is 44.0 Å². The van der Waals surface area contributed by atoms with Crippen LogP contribution in [0.15, 0.2) is 17.1 Å². The van der Waals surface area contributed by atoms with Crippen molar-refractivity contribution in [2.75, 3.05) is 32.1 Å². The molecule has 1 saturated carbocycles. The van der Waals surface area contributed by atoms with Gasteiger partial charge in [-0.05, 0) is 18.9 Å². The minimum atomic E-state index is -1.01. The fourth-order valence-electron chi connectivity index (χ4n) is 3.04. The molecule has 10 heteroatoms. The third kappa shape index (κ3) is 3.47.